The van der Waals surface area contributed by atoms with Crippen molar-refractivity contribution in [3.63, 3.8) is 0 Å². The zero-order valence-electron chi connectivity index (χ0n) is 28.7. The van der Waals surface area contributed by atoms with E-state index in [1.807, 2.05) is 0 Å². The summed E-state index contributed by atoms with van der Waals surface area (Å²) in [5.41, 5.74) is 12.1. The van der Waals surface area contributed by atoms with Crippen molar-refractivity contribution >= 4 is 50.0 Å². The average Bonchev–Trinajstić information content (AvgIpc) is 3.55. The van der Waals surface area contributed by atoms with Gasteiger partial charge in [-0.3, -0.25) is 0 Å². The molecule has 2 unspecified atom stereocenters. The molecule has 1 aliphatic carbocycles. The summed E-state index contributed by atoms with van der Waals surface area (Å²) in [7, 11) is 0. The molecular weight excluding hydrogens is 629 g/mol. The van der Waals surface area contributed by atoms with Crippen molar-refractivity contribution in [2.24, 2.45) is 0 Å². The summed E-state index contributed by atoms with van der Waals surface area (Å²) in [4.78, 5) is 4.85. The van der Waals surface area contributed by atoms with Gasteiger partial charge in [0.2, 0.25) is 0 Å². The molecule has 8 aromatic rings. The van der Waals surface area contributed by atoms with Crippen LogP contribution in [-0.4, -0.2) is 6.04 Å². The van der Waals surface area contributed by atoms with E-state index in [9.17, 15) is 0 Å². The minimum absolute atomic E-state index is 0.255. The number of anilines is 5. The van der Waals surface area contributed by atoms with Crippen LogP contribution in [0.5, 0.6) is 0 Å². The molecule has 0 spiro atoms. The highest BCUT2D eigenvalue weighted by molar-refractivity contribution is 5.90. The molecule has 246 valence electrons. The van der Waals surface area contributed by atoms with Gasteiger partial charge in [-0.2, -0.15) is 0 Å². The number of benzene rings is 8. The van der Waals surface area contributed by atoms with Crippen LogP contribution in [0.3, 0.4) is 0 Å². The molecule has 1 aliphatic heterocycles. The summed E-state index contributed by atoms with van der Waals surface area (Å²) in [6, 6.07) is 66.6. The highest BCUT2D eigenvalue weighted by atomic mass is 15.2. The normalized spacial score (nSPS) is 15.9. The number of nitrogens with zero attached hydrogens (tertiary/aromatic N) is 2. The Morgan fingerprint density at radius 2 is 0.904 bits per heavy atom. The first-order valence-electron chi connectivity index (χ1n) is 18.1. The summed E-state index contributed by atoms with van der Waals surface area (Å²) in [6.07, 6.45) is 9.10. The van der Waals surface area contributed by atoms with E-state index >= 15 is 0 Å². The fourth-order valence-electron chi connectivity index (χ4n) is 8.15. The van der Waals surface area contributed by atoms with Crippen molar-refractivity contribution in [3.05, 3.63) is 212 Å². The SMILES string of the molecule is C1=CC2c3cc(-c4ccc(N(c5ccccc5)c5ccc(-c6ccc7ccccc7c6)cc5)cc4)ccc3N(c3ccc4ccccc4c3)C2C=C1. The molecule has 52 heavy (non-hydrogen) atoms. The highest BCUT2D eigenvalue weighted by Gasteiger charge is 2.37. The molecular formula is C50H36N2. The standard InChI is InChI=1S/C50H36N2/c1-2-14-43(15-3-1)51(44-26-20-37(21-27-44)41-19-18-35-10-4-6-12-39(35)32-41)45-28-22-38(23-29-45)42-25-31-50-48(34-42)47-16-8-9-17-49(47)52(50)46-30-24-36-11-5-7-13-40(36)33-46/h1-34,47,49H. The van der Waals surface area contributed by atoms with E-state index in [4.69, 9.17) is 0 Å². The maximum Gasteiger partial charge on any atom is 0.0629 e. The first-order chi connectivity index (χ1) is 25.8. The fourth-order valence-corrected chi connectivity index (χ4v) is 8.15. The van der Waals surface area contributed by atoms with Crippen LogP contribution in [0.4, 0.5) is 28.4 Å². The minimum atomic E-state index is 0.255. The number of hydrogen-bond donors (Lipinski definition) is 0. The van der Waals surface area contributed by atoms with Crippen LogP contribution in [0.15, 0.2) is 206 Å². The third-order valence-electron chi connectivity index (χ3n) is 10.7. The molecule has 0 fully saturated rings. The van der Waals surface area contributed by atoms with Gasteiger partial charge in [-0.05, 0) is 116 Å². The molecule has 0 saturated heterocycles. The van der Waals surface area contributed by atoms with Gasteiger partial charge in [-0.25, -0.2) is 0 Å². The minimum Gasteiger partial charge on any atom is -0.333 e. The van der Waals surface area contributed by atoms with Crippen molar-refractivity contribution in [3.8, 4) is 22.3 Å². The smallest absolute Gasteiger partial charge is 0.0629 e. The molecule has 8 aromatic carbocycles. The Balaban J connectivity index is 0.977. The summed E-state index contributed by atoms with van der Waals surface area (Å²) in [6.45, 7) is 0. The monoisotopic (exact) mass is 664 g/mol. The molecule has 0 N–H and O–H groups in total. The second-order valence-corrected chi connectivity index (χ2v) is 13.8. The lowest BCUT2D eigenvalue weighted by Gasteiger charge is -2.29. The molecule has 0 bridgehead atoms. The maximum absolute atomic E-state index is 2.52. The first-order valence-corrected chi connectivity index (χ1v) is 18.1. The number of hydrogen-bond acceptors (Lipinski definition) is 2. The maximum atomic E-state index is 2.52. The van der Waals surface area contributed by atoms with Gasteiger partial charge in [-0.15, -0.1) is 0 Å². The lowest BCUT2D eigenvalue weighted by molar-refractivity contribution is 0.745. The van der Waals surface area contributed by atoms with Crippen molar-refractivity contribution in [2.75, 3.05) is 9.80 Å². The number of rotatable bonds is 6. The molecule has 1 heterocycles. The van der Waals surface area contributed by atoms with Crippen molar-refractivity contribution in [1.82, 2.24) is 0 Å². The van der Waals surface area contributed by atoms with Crippen LogP contribution in [0.1, 0.15) is 11.5 Å². The molecule has 0 aromatic heterocycles. The summed E-state index contributed by atoms with van der Waals surface area (Å²) >= 11 is 0. The number of fused-ring (bicyclic) bond motifs is 5. The Hall–Kier alpha value is -6.64. The quantitative estimate of drug-likeness (QED) is 0.175. The van der Waals surface area contributed by atoms with Crippen molar-refractivity contribution < 1.29 is 0 Å². The molecule has 2 heteroatoms. The Kier molecular flexibility index (Phi) is 7.32. The zero-order chi connectivity index (χ0) is 34.4. The van der Waals surface area contributed by atoms with Crippen LogP contribution in [0, 0.1) is 0 Å². The molecule has 0 amide bonds. The van der Waals surface area contributed by atoms with E-state index in [2.05, 4.69) is 216 Å². The Morgan fingerprint density at radius 3 is 1.60 bits per heavy atom. The fraction of sp³-hybridized carbons (Fsp3) is 0.0400. The van der Waals surface area contributed by atoms with Gasteiger partial charge < -0.3 is 9.80 Å². The lowest BCUT2D eigenvalue weighted by Crippen LogP contribution is -2.28. The van der Waals surface area contributed by atoms with E-state index < -0.39 is 0 Å². The van der Waals surface area contributed by atoms with E-state index in [0.29, 0.717) is 5.92 Å². The van der Waals surface area contributed by atoms with Crippen molar-refractivity contribution in [1.29, 1.82) is 0 Å². The zero-order valence-corrected chi connectivity index (χ0v) is 28.7. The van der Waals surface area contributed by atoms with E-state index in [0.717, 1.165) is 17.1 Å². The summed E-state index contributed by atoms with van der Waals surface area (Å²) in [5.74, 6) is 0.303. The summed E-state index contributed by atoms with van der Waals surface area (Å²) < 4.78 is 0. The van der Waals surface area contributed by atoms with Crippen LogP contribution < -0.4 is 9.80 Å². The van der Waals surface area contributed by atoms with Gasteiger partial charge >= 0.3 is 0 Å². The van der Waals surface area contributed by atoms with Crippen LogP contribution in [-0.2, 0) is 0 Å². The topological polar surface area (TPSA) is 6.48 Å². The molecule has 2 atom stereocenters. The van der Waals surface area contributed by atoms with Crippen LogP contribution in [0.25, 0.3) is 43.8 Å². The average molecular weight is 665 g/mol. The predicted molar refractivity (Wildman–Crippen MR) is 220 cm³/mol. The second-order valence-electron chi connectivity index (χ2n) is 13.8. The van der Waals surface area contributed by atoms with Gasteiger partial charge in [-0.1, -0.05) is 140 Å². The van der Waals surface area contributed by atoms with Crippen LogP contribution in [0.2, 0.25) is 0 Å². The Labute approximate surface area is 304 Å². The highest BCUT2D eigenvalue weighted by Crippen LogP contribution is 2.49. The predicted octanol–water partition coefficient (Wildman–Crippen LogP) is 13.5. The summed E-state index contributed by atoms with van der Waals surface area (Å²) in [5, 5.41) is 5.05. The number of para-hydroxylation sites is 1. The second kappa shape index (κ2) is 12.6. The molecule has 0 saturated carbocycles. The van der Waals surface area contributed by atoms with Crippen LogP contribution >= 0.6 is 0 Å². The van der Waals surface area contributed by atoms with Gasteiger partial charge in [0.25, 0.3) is 0 Å². The van der Waals surface area contributed by atoms with E-state index in [1.165, 1.54) is 60.7 Å². The van der Waals surface area contributed by atoms with E-state index in [1.54, 1.807) is 0 Å². The molecule has 2 nitrogen and oxygen atoms in total. The van der Waals surface area contributed by atoms with Gasteiger partial charge in [0.05, 0.1) is 6.04 Å². The van der Waals surface area contributed by atoms with Gasteiger partial charge in [0.15, 0.2) is 0 Å². The van der Waals surface area contributed by atoms with Crippen molar-refractivity contribution in [2.45, 2.75) is 12.0 Å². The van der Waals surface area contributed by atoms with Gasteiger partial charge in [0.1, 0.15) is 0 Å². The molecule has 0 radical (unpaired) electrons. The van der Waals surface area contributed by atoms with Gasteiger partial charge in [0, 0.05) is 34.4 Å². The third-order valence-corrected chi connectivity index (χ3v) is 10.7. The molecule has 2 aliphatic rings. The largest absolute Gasteiger partial charge is 0.333 e. The van der Waals surface area contributed by atoms with E-state index in [-0.39, 0.29) is 6.04 Å². The lowest BCUT2D eigenvalue weighted by atomic mass is 9.89. The Bertz CT molecular complexity index is 2630. The Morgan fingerprint density at radius 1 is 0.385 bits per heavy atom. The third kappa shape index (κ3) is 5.28. The first kappa shape index (κ1) is 30.2. The molecule has 10 rings (SSSR count). The number of allylic oxidation sites excluding steroid dienone is 2.